The molecule has 0 unspecified atom stereocenters. The summed E-state index contributed by atoms with van der Waals surface area (Å²) >= 11 is 0. The van der Waals surface area contributed by atoms with Crippen LogP contribution in [0, 0.1) is 0 Å². The van der Waals surface area contributed by atoms with Gasteiger partial charge in [-0.05, 0) is 17.3 Å². The molecule has 0 saturated carbocycles. The van der Waals surface area contributed by atoms with Gasteiger partial charge >= 0.3 is 12.1 Å². The van der Waals surface area contributed by atoms with Crippen molar-refractivity contribution in [1.82, 2.24) is 39.7 Å². The maximum atomic E-state index is 13.8. The summed E-state index contributed by atoms with van der Waals surface area (Å²) in [4.78, 5) is 12.9. The standard InChI is InChI=1S/C18H15F5N8O2S/c1-4-34(32,33)12-5-9(14-27-29-31(3)28-14)7-24-13(12)16-26-11-6-10(8-25-15(11)30(16)2)17(19,20)18(21,22)23/h5-8H,4H2,1-3H3. The van der Waals surface area contributed by atoms with Gasteiger partial charge in [-0.3, -0.25) is 4.98 Å². The lowest BCUT2D eigenvalue weighted by atomic mass is 10.1. The molecule has 0 bridgehead atoms. The number of hydrogen-bond acceptors (Lipinski definition) is 8. The summed E-state index contributed by atoms with van der Waals surface area (Å²) in [7, 11) is -0.970. The lowest BCUT2D eigenvalue weighted by Gasteiger charge is -2.19. The number of hydrogen-bond donors (Lipinski definition) is 0. The van der Waals surface area contributed by atoms with E-state index in [9.17, 15) is 30.4 Å². The Balaban J connectivity index is 1.92. The Hall–Kier alpha value is -3.56. The maximum absolute atomic E-state index is 13.8. The van der Waals surface area contributed by atoms with Gasteiger partial charge in [0.05, 0.1) is 23.3 Å². The van der Waals surface area contributed by atoms with E-state index in [1.54, 1.807) is 0 Å². The van der Waals surface area contributed by atoms with Gasteiger partial charge in [-0.15, -0.1) is 10.2 Å². The smallest absolute Gasteiger partial charge is 0.310 e. The minimum Gasteiger partial charge on any atom is -0.310 e. The number of fused-ring (bicyclic) bond motifs is 1. The molecule has 4 aromatic rings. The normalized spacial score (nSPS) is 13.1. The number of alkyl halides is 5. The zero-order chi connectivity index (χ0) is 25.1. The van der Waals surface area contributed by atoms with Gasteiger partial charge in [-0.1, -0.05) is 6.92 Å². The maximum Gasteiger partial charge on any atom is 0.458 e. The summed E-state index contributed by atoms with van der Waals surface area (Å²) < 4.78 is 92.8. The van der Waals surface area contributed by atoms with Crippen LogP contribution in [0.2, 0.25) is 0 Å². The minimum absolute atomic E-state index is 0.0435. The summed E-state index contributed by atoms with van der Waals surface area (Å²) in [6.07, 6.45) is -4.15. The van der Waals surface area contributed by atoms with Crippen molar-refractivity contribution in [3.63, 3.8) is 0 Å². The van der Waals surface area contributed by atoms with Crippen molar-refractivity contribution in [2.45, 2.75) is 23.9 Å². The van der Waals surface area contributed by atoms with Crippen molar-refractivity contribution in [3.8, 4) is 22.9 Å². The third-order valence-corrected chi connectivity index (χ3v) is 6.72. The van der Waals surface area contributed by atoms with E-state index in [-0.39, 0.29) is 44.7 Å². The van der Waals surface area contributed by atoms with Crippen LogP contribution < -0.4 is 0 Å². The molecule has 0 fully saturated rings. The molecule has 10 nitrogen and oxygen atoms in total. The van der Waals surface area contributed by atoms with Gasteiger partial charge in [0, 0.05) is 25.0 Å². The first-order chi connectivity index (χ1) is 15.8. The average molecular weight is 502 g/mol. The van der Waals surface area contributed by atoms with Crippen LogP contribution in [0.3, 0.4) is 0 Å². The molecule has 0 N–H and O–H groups in total. The molecule has 0 atom stereocenters. The fraction of sp³-hybridized carbons (Fsp3) is 0.333. The molecule has 4 heterocycles. The van der Waals surface area contributed by atoms with E-state index in [0.29, 0.717) is 12.3 Å². The van der Waals surface area contributed by atoms with Crippen molar-refractivity contribution < 1.29 is 30.4 Å². The number of halogens is 5. The zero-order valence-corrected chi connectivity index (χ0v) is 18.5. The van der Waals surface area contributed by atoms with Crippen LogP contribution in [0.25, 0.3) is 34.1 Å². The summed E-state index contributed by atoms with van der Waals surface area (Å²) in [5.41, 5.74) is -1.62. The fourth-order valence-corrected chi connectivity index (χ4v) is 4.21. The van der Waals surface area contributed by atoms with Gasteiger partial charge in [0.25, 0.3) is 0 Å². The third kappa shape index (κ3) is 3.76. The number of aromatic nitrogens is 8. The van der Waals surface area contributed by atoms with E-state index >= 15 is 0 Å². The van der Waals surface area contributed by atoms with Gasteiger partial charge in [-0.25, -0.2) is 18.4 Å². The first kappa shape index (κ1) is 23.6. The molecule has 0 aromatic carbocycles. The van der Waals surface area contributed by atoms with E-state index < -0.39 is 27.5 Å². The SMILES string of the molecule is CCS(=O)(=O)c1cc(-c2nnn(C)n2)cnc1-c1nc2cc(C(F)(F)C(F)(F)F)cnc2n1C. The number of nitrogens with zero attached hydrogens (tertiary/aromatic N) is 8. The highest BCUT2D eigenvalue weighted by Gasteiger charge is 2.59. The first-order valence-electron chi connectivity index (χ1n) is 9.51. The Bertz CT molecular complexity index is 1510. The van der Waals surface area contributed by atoms with Gasteiger partial charge in [0.1, 0.15) is 11.2 Å². The van der Waals surface area contributed by atoms with Gasteiger partial charge < -0.3 is 4.57 Å². The molecule has 0 aliphatic carbocycles. The van der Waals surface area contributed by atoms with E-state index in [1.165, 1.54) is 42.6 Å². The monoisotopic (exact) mass is 502 g/mol. The van der Waals surface area contributed by atoms with E-state index in [0.717, 1.165) is 0 Å². The third-order valence-electron chi connectivity index (χ3n) is 4.97. The zero-order valence-electron chi connectivity index (χ0n) is 17.7. The van der Waals surface area contributed by atoms with Crippen LogP contribution in [-0.2, 0) is 29.9 Å². The summed E-state index contributed by atoms with van der Waals surface area (Å²) in [6, 6.07) is 1.83. The van der Waals surface area contributed by atoms with Crippen molar-refractivity contribution in [2.75, 3.05) is 5.75 Å². The number of sulfone groups is 1. The number of rotatable bonds is 5. The molecule has 0 saturated heterocycles. The van der Waals surface area contributed by atoms with Crippen molar-refractivity contribution in [1.29, 1.82) is 0 Å². The number of imidazole rings is 1. The number of aryl methyl sites for hydroxylation is 2. The summed E-state index contributed by atoms with van der Waals surface area (Å²) in [6.45, 7) is 1.41. The van der Waals surface area contributed by atoms with E-state index in [4.69, 9.17) is 0 Å². The molecular weight excluding hydrogens is 487 g/mol. The fourth-order valence-electron chi connectivity index (χ4n) is 3.15. The van der Waals surface area contributed by atoms with Crippen LogP contribution in [-0.4, -0.2) is 60.1 Å². The molecule has 180 valence electrons. The van der Waals surface area contributed by atoms with Gasteiger partial charge in [0.2, 0.25) is 5.82 Å². The highest BCUT2D eigenvalue weighted by Crippen LogP contribution is 2.44. The Morgan fingerprint density at radius 1 is 1.03 bits per heavy atom. The van der Waals surface area contributed by atoms with Crippen LogP contribution in [0.4, 0.5) is 22.0 Å². The molecule has 0 aliphatic heterocycles. The van der Waals surface area contributed by atoms with E-state index in [1.807, 2.05) is 0 Å². The Labute approximate surface area is 188 Å². The molecular formula is C18H15F5N8O2S. The summed E-state index contributed by atoms with van der Waals surface area (Å²) in [5, 5.41) is 11.5. The molecule has 0 radical (unpaired) electrons. The van der Waals surface area contributed by atoms with E-state index in [2.05, 4.69) is 30.4 Å². The van der Waals surface area contributed by atoms with Crippen molar-refractivity contribution in [2.24, 2.45) is 14.1 Å². The van der Waals surface area contributed by atoms with Crippen molar-refractivity contribution >= 4 is 21.0 Å². The second-order valence-electron chi connectivity index (χ2n) is 7.21. The molecule has 0 amide bonds. The molecule has 16 heteroatoms. The Morgan fingerprint density at radius 2 is 1.74 bits per heavy atom. The molecule has 0 aliphatic rings. The predicted octanol–water partition coefficient (Wildman–Crippen LogP) is 2.67. The number of tetrazole rings is 1. The second-order valence-corrected chi connectivity index (χ2v) is 9.46. The first-order valence-corrected chi connectivity index (χ1v) is 11.2. The minimum atomic E-state index is -5.83. The molecule has 4 aromatic heterocycles. The largest absolute Gasteiger partial charge is 0.458 e. The van der Waals surface area contributed by atoms with Crippen LogP contribution >= 0.6 is 0 Å². The second kappa shape index (κ2) is 7.75. The molecule has 34 heavy (non-hydrogen) atoms. The molecule has 0 spiro atoms. The van der Waals surface area contributed by atoms with Gasteiger partial charge in [0.15, 0.2) is 21.3 Å². The lowest BCUT2D eigenvalue weighted by Crippen LogP contribution is -2.33. The summed E-state index contributed by atoms with van der Waals surface area (Å²) in [5.74, 6) is -5.43. The lowest BCUT2D eigenvalue weighted by molar-refractivity contribution is -0.289. The quantitative estimate of drug-likeness (QED) is 0.382. The predicted molar refractivity (Wildman–Crippen MR) is 107 cm³/mol. The Kier molecular flexibility index (Phi) is 5.38. The highest BCUT2D eigenvalue weighted by atomic mass is 32.2. The van der Waals surface area contributed by atoms with Crippen LogP contribution in [0.5, 0.6) is 0 Å². The topological polar surface area (TPSA) is 121 Å². The van der Waals surface area contributed by atoms with Crippen LogP contribution in [0.1, 0.15) is 12.5 Å². The number of pyridine rings is 2. The Morgan fingerprint density at radius 3 is 2.32 bits per heavy atom. The van der Waals surface area contributed by atoms with Gasteiger partial charge in [-0.2, -0.15) is 26.7 Å². The highest BCUT2D eigenvalue weighted by molar-refractivity contribution is 7.91. The average Bonchev–Trinajstić information content (AvgIpc) is 3.35. The van der Waals surface area contributed by atoms with Crippen LogP contribution in [0.15, 0.2) is 29.4 Å². The van der Waals surface area contributed by atoms with Crippen molar-refractivity contribution in [3.05, 3.63) is 30.1 Å². The molecule has 4 rings (SSSR count).